The maximum absolute atomic E-state index is 10.3. The average Bonchev–Trinajstić information content (AvgIpc) is 2.05. The van der Waals surface area contributed by atoms with Crippen LogP contribution in [0.2, 0.25) is 0 Å². The van der Waals surface area contributed by atoms with Gasteiger partial charge in [0.15, 0.2) is 0 Å². The van der Waals surface area contributed by atoms with E-state index in [1.165, 1.54) is 0 Å². The fourth-order valence-corrected chi connectivity index (χ4v) is 1.02. The number of carboxylic acids is 1. The summed E-state index contributed by atoms with van der Waals surface area (Å²) < 4.78 is 0.785. The predicted molar refractivity (Wildman–Crippen MR) is 46.1 cm³/mol. The van der Waals surface area contributed by atoms with Crippen LogP contribution in [-0.4, -0.2) is 17.2 Å². The largest absolute Gasteiger partial charge is 0.478 e. The monoisotopic (exact) mass is 244 g/mol. The Hall–Kier alpha value is -1.45. The molecule has 0 unspecified atom stereocenters. The van der Waals surface area contributed by atoms with Crippen LogP contribution in [0.25, 0.3) is 0 Å². The first-order chi connectivity index (χ1) is 6.11. The van der Waals surface area contributed by atoms with E-state index in [0.717, 1.165) is 4.47 Å². The van der Waals surface area contributed by atoms with E-state index in [-0.39, 0.29) is 6.15 Å². The number of hydrogen-bond donors (Lipinski definition) is 1. The number of halogens is 1. The first kappa shape index (κ1) is 11.6. The molecule has 13 heavy (non-hydrogen) atoms. The number of carboxylic acid groups (broad SMARTS) is 1. The van der Waals surface area contributed by atoms with Gasteiger partial charge in [0, 0.05) is 4.47 Å². The van der Waals surface area contributed by atoms with Crippen LogP contribution in [0.5, 0.6) is 0 Å². The fraction of sp³-hybridized carbons (Fsp3) is 0. The molecular formula is C8H5BrO4. The Morgan fingerprint density at radius 1 is 1.38 bits per heavy atom. The molecule has 1 aromatic carbocycles. The van der Waals surface area contributed by atoms with Crippen molar-refractivity contribution in [2.45, 2.75) is 0 Å². The summed E-state index contributed by atoms with van der Waals surface area (Å²) in [5.41, 5.74) is 0.300. The molecule has 0 saturated carbocycles. The van der Waals surface area contributed by atoms with Gasteiger partial charge in [-0.3, -0.25) is 0 Å². The van der Waals surface area contributed by atoms with Gasteiger partial charge >= 0.3 is 12.1 Å². The van der Waals surface area contributed by atoms with Gasteiger partial charge in [-0.15, -0.1) is 0 Å². The number of benzene rings is 1. The first-order valence-electron chi connectivity index (χ1n) is 3.10. The lowest BCUT2D eigenvalue weighted by Gasteiger charge is -1.92. The molecule has 0 aliphatic rings. The van der Waals surface area contributed by atoms with Crippen molar-refractivity contribution < 1.29 is 19.5 Å². The van der Waals surface area contributed by atoms with E-state index in [4.69, 9.17) is 14.7 Å². The Morgan fingerprint density at radius 2 is 1.92 bits per heavy atom. The van der Waals surface area contributed by atoms with Crippen LogP contribution in [0.15, 0.2) is 28.7 Å². The van der Waals surface area contributed by atoms with Crippen molar-refractivity contribution in [2.24, 2.45) is 0 Å². The third kappa shape index (κ3) is 4.90. The zero-order valence-corrected chi connectivity index (χ0v) is 7.95. The molecule has 1 N–H and O–H groups in total. The van der Waals surface area contributed by atoms with Gasteiger partial charge in [-0.1, -0.05) is 22.0 Å². The molecule has 1 aromatic rings. The first-order valence-corrected chi connectivity index (χ1v) is 3.89. The molecule has 0 aromatic heterocycles. The second-order valence-corrected chi connectivity index (χ2v) is 2.81. The summed E-state index contributed by atoms with van der Waals surface area (Å²) in [6, 6.07) is 6.58. The highest BCUT2D eigenvalue weighted by Gasteiger charge is 1.99. The summed E-state index contributed by atoms with van der Waals surface area (Å²) >= 11 is 3.17. The van der Waals surface area contributed by atoms with Gasteiger partial charge in [0.2, 0.25) is 0 Å². The van der Waals surface area contributed by atoms with E-state index in [2.05, 4.69) is 15.9 Å². The van der Waals surface area contributed by atoms with Crippen molar-refractivity contribution in [1.82, 2.24) is 0 Å². The lowest BCUT2D eigenvalue weighted by Crippen LogP contribution is -1.94. The normalized spacial score (nSPS) is 7.77. The minimum absolute atomic E-state index is 0.250. The van der Waals surface area contributed by atoms with Crippen LogP contribution < -0.4 is 0 Å². The number of carbonyl (C=O) groups excluding carboxylic acids is 2. The van der Waals surface area contributed by atoms with Gasteiger partial charge in [-0.2, -0.15) is 9.59 Å². The lowest BCUT2D eigenvalue weighted by molar-refractivity contribution is -0.191. The highest BCUT2D eigenvalue weighted by atomic mass is 79.9. The summed E-state index contributed by atoms with van der Waals surface area (Å²) in [6.07, 6.45) is 0.250. The highest BCUT2D eigenvalue weighted by Crippen LogP contribution is 2.10. The molecule has 5 heteroatoms. The van der Waals surface area contributed by atoms with E-state index in [1.54, 1.807) is 24.3 Å². The van der Waals surface area contributed by atoms with Crippen LogP contribution in [0.3, 0.4) is 0 Å². The second-order valence-electron chi connectivity index (χ2n) is 1.90. The lowest BCUT2D eigenvalue weighted by atomic mass is 10.2. The fourth-order valence-electron chi connectivity index (χ4n) is 0.622. The minimum Gasteiger partial charge on any atom is -0.478 e. The quantitative estimate of drug-likeness (QED) is 0.814. The summed E-state index contributed by atoms with van der Waals surface area (Å²) in [7, 11) is 0. The molecule has 0 atom stereocenters. The van der Waals surface area contributed by atoms with Crippen LogP contribution in [-0.2, 0) is 9.59 Å². The maximum Gasteiger partial charge on any atom is 0.373 e. The van der Waals surface area contributed by atoms with Crippen LogP contribution in [0.4, 0.5) is 0 Å². The highest BCUT2D eigenvalue weighted by molar-refractivity contribution is 9.10. The van der Waals surface area contributed by atoms with Crippen molar-refractivity contribution in [1.29, 1.82) is 0 Å². The molecule has 0 radical (unpaired) electrons. The minimum atomic E-state index is -0.902. The van der Waals surface area contributed by atoms with Crippen LogP contribution in [0.1, 0.15) is 10.4 Å². The van der Waals surface area contributed by atoms with Crippen molar-refractivity contribution >= 4 is 28.1 Å². The Morgan fingerprint density at radius 3 is 2.23 bits per heavy atom. The molecule has 1 rings (SSSR count). The Kier molecular flexibility index (Phi) is 5.43. The van der Waals surface area contributed by atoms with Crippen molar-refractivity contribution in [3.8, 4) is 0 Å². The van der Waals surface area contributed by atoms with Crippen molar-refractivity contribution in [2.75, 3.05) is 0 Å². The molecule has 0 saturated heterocycles. The van der Waals surface area contributed by atoms with E-state index in [9.17, 15) is 4.79 Å². The molecule has 68 valence electrons. The molecule has 0 bridgehead atoms. The van der Waals surface area contributed by atoms with Crippen LogP contribution >= 0.6 is 15.9 Å². The van der Waals surface area contributed by atoms with Crippen molar-refractivity contribution in [3.05, 3.63) is 34.3 Å². The van der Waals surface area contributed by atoms with Gasteiger partial charge in [0.25, 0.3) is 0 Å². The standard InChI is InChI=1S/C7H5BrO2.CO2/c8-6-3-1-2-5(4-6)7(9)10;2-1-3/h1-4H,(H,9,10);. The van der Waals surface area contributed by atoms with Gasteiger partial charge in [-0.25, -0.2) is 4.79 Å². The maximum atomic E-state index is 10.3. The van der Waals surface area contributed by atoms with Crippen molar-refractivity contribution in [3.63, 3.8) is 0 Å². The third-order valence-corrected chi connectivity index (χ3v) is 1.56. The topological polar surface area (TPSA) is 71.4 Å². The van der Waals surface area contributed by atoms with E-state index < -0.39 is 5.97 Å². The molecule has 0 amide bonds. The summed E-state index contributed by atoms with van der Waals surface area (Å²) in [6.45, 7) is 0. The van der Waals surface area contributed by atoms with Gasteiger partial charge in [-0.05, 0) is 18.2 Å². The zero-order valence-electron chi connectivity index (χ0n) is 6.36. The molecule has 0 aliphatic heterocycles. The summed E-state index contributed by atoms with van der Waals surface area (Å²) in [5.74, 6) is -0.902. The Labute approximate surface area is 82.3 Å². The zero-order chi connectivity index (χ0) is 10.3. The number of rotatable bonds is 1. The van der Waals surface area contributed by atoms with E-state index >= 15 is 0 Å². The van der Waals surface area contributed by atoms with Crippen LogP contribution in [0, 0.1) is 0 Å². The summed E-state index contributed by atoms with van der Waals surface area (Å²) in [5, 5.41) is 8.49. The molecule has 0 spiro atoms. The molecule has 4 nitrogen and oxygen atoms in total. The van der Waals surface area contributed by atoms with E-state index in [1.807, 2.05) is 0 Å². The Balaban J connectivity index is 0.000000424. The second kappa shape index (κ2) is 6.11. The molecular weight excluding hydrogens is 240 g/mol. The average molecular weight is 245 g/mol. The number of aromatic carboxylic acids is 1. The Bertz CT molecular complexity index is 329. The molecule has 0 fully saturated rings. The van der Waals surface area contributed by atoms with Gasteiger partial charge < -0.3 is 5.11 Å². The number of carbonyl (C=O) groups is 1. The van der Waals surface area contributed by atoms with Gasteiger partial charge in [0.1, 0.15) is 0 Å². The van der Waals surface area contributed by atoms with E-state index in [0.29, 0.717) is 5.56 Å². The SMILES string of the molecule is O=C(O)c1cccc(Br)c1.O=C=O. The molecule has 0 aliphatic carbocycles. The third-order valence-electron chi connectivity index (χ3n) is 1.07. The smallest absolute Gasteiger partial charge is 0.373 e. The molecule has 0 heterocycles. The number of hydrogen-bond acceptors (Lipinski definition) is 3. The van der Waals surface area contributed by atoms with Gasteiger partial charge in [0.05, 0.1) is 5.56 Å². The predicted octanol–water partition coefficient (Wildman–Crippen LogP) is 1.56. The summed E-state index contributed by atoms with van der Waals surface area (Å²) in [4.78, 5) is 26.6.